The number of pyridine rings is 1. The predicted octanol–water partition coefficient (Wildman–Crippen LogP) is 3.92. The molecular weight excluding hydrogens is 323 g/mol. The molecule has 0 saturated carbocycles. The Hall–Kier alpha value is -1.10. The van der Waals surface area contributed by atoms with Crippen LogP contribution in [0.5, 0.6) is 0 Å². The number of anilines is 1. The number of hydrogen-bond donors (Lipinski definition) is 1. The Balaban J connectivity index is 2.08. The van der Waals surface area contributed by atoms with Gasteiger partial charge in [0.05, 0.1) is 0 Å². The third kappa shape index (κ3) is 3.19. The second-order valence-corrected chi connectivity index (χ2v) is 5.28. The first-order valence-electron chi connectivity index (χ1n) is 5.56. The molecule has 1 N–H and O–H groups in total. The molecule has 3 heteroatoms. The third-order valence-corrected chi connectivity index (χ3v) is 3.96. The van der Waals surface area contributed by atoms with Crippen LogP contribution in [0.4, 0.5) is 5.69 Å². The fraction of sp³-hybridized carbons (Fsp3) is 0.214. The maximum absolute atomic E-state index is 4.15. The fourth-order valence-electron chi connectivity index (χ4n) is 1.58. The zero-order chi connectivity index (χ0) is 12.3. The molecule has 0 aliphatic carbocycles. The topological polar surface area (TPSA) is 24.9 Å². The van der Waals surface area contributed by atoms with E-state index < -0.39 is 0 Å². The summed E-state index contributed by atoms with van der Waals surface area (Å²) in [4.78, 5) is 4.15. The van der Waals surface area contributed by atoms with Crippen molar-refractivity contribution in [2.24, 2.45) is 0 Å². The third-order valence-electron chi connectivity index (χ3n) is 2.80. The van der Waals surface area contributed by atoms with Gasteiger partial charge in [-0.3, -0.25) is 4.98 Å². The summed E-state index contributed by atoms with van der Waals surface area (Å²) in [7, 11) is 0. The smallest absolute Gasteiger partial charge is 0.0418 e. The first-order valence-corrected chi connectivity index (χ1v) is 6.64. The van der Waals surface area contributed by atoms with Crippen LogP contribution in [0.15, 0.2) is 36.7 Å². The molecule has 0 aliphatic rings. The summed E-state index contributed by atoms with van der Waals surface area (Å²) in [6.07, 6.45) is 3.75. The van der Waals surface area contributed by atoms with E-state index in [0.717, 1.165) is 12.2 Å². The summed E-state index contributed by atoms with van der Waals surface area (Å²) in [5, 5.41) is 3.43. The minimum absolute atomic E-state index is 0.818. The zero-order valence-electron chi connectivity index (χ0n) is 10.00. The number of hydrogen-bond acceptors (Lipinski definition) is 2. The standard InChI is InChI=1S/C14H15IN2/c1-10-5-6-16-8-12(10)9-17-13-4-3-11(2)14(15)7-13/h3-8,17H,9H2,1-2H3. The second-order valence-electron chi connectivity index (χ2n) is 4.12. The van der Waals surface area contributed by atoms with Crippen molar-refractivity contribution in [1.29, 1.82) is 0 Å². The number of aryl methyl sites for hydroxylation is 2. The lowest BCUT2D eigenvalue weighted by molar-refractivity contribution is 1.08. The van der Waals surface area contributed by atoms with Gasteiger partial charge in [0.25, 0.3) is 0 Å². The Bertz CT molecular complexity index is 523. The molecule has 2 aromatic rings. The molecule has 0 spiro atoms. The molecule has 0 radical (unpaired) electrons. The van der Waals surface area contributed by atoms with E-state index >= 15 is 0 Å². The van der Waals surface area contributed by atoms with Crippen LogP contribution in [0.1, 0.15) is 16.7 Å². The highest BCUT2D eigenvalue weighted by Crippen LogP contribution is 2.18. The molecule has 88 valence electrons. The van der Waals surface area contributed by atoms with Gasteiger partial charge in [0, 0.05) is 28.2 Å². The van der Waals surface area contributed by atoms with Gasteiger partial charge in [-0.15, -0.1) is 0 Å². The molecule has 0 unspecified atom stereocenters. The lowest BCUT2D eigenvalue weighted by atomic mass is 10.1. The Morgan fingerprint density at radius 1 is 1.18 bits per heavy atom. The van der Waals surface area contributed by atoms with Crippen molar-refractivity contribution in [2.75, 3.05) is 5.32 Å². The Morgan fingerprint density at radius 2 is 2.00 bits per heavy atom. The van der Waals surface area contributed by atoms with Crippen LogP contribution in [-0.2, 0) is 6.54 Å². The lowest BCUT2D eigenvalue weighted by Gasteiger charge is -2.09. The average molecular weight is 338 g/mol. The summed E-state index contributed by atoms with van der Waals surface area (Å²) in [5.41, 5.74) is 4.98. The first-order chi connectivity index (χ1) is 8.16. The molecule has 0 aliphatic heterocycles. The number of nitrogens with zero attached hydrogens (tertiary/aromatic N) is 1. The van der Waals surface area contributed by atoms with Gasteiger partial charge in [-0.05, 0) is 71.3 Å². The highest BCUT2D eigenvalue weighted by molar-refractivity contribution is 14.1. The van der Waals surface area contributed by atoms with Gasteiger partial charge >= 0.3 is 0 Å². The SMILES string of the molecule is Cc1ccc(NCc2cnccc2C)cc1I. The first kappa shape index (κ1) is 12.4. The summed E-state index contributed by atoms with van der Waals surface area (Å²) in [6, 6.07) is 8.46. The van der Waals surface area contributed by atoms with Crippen LogP contribution in [0.25, 0.3) is 0 Å². The van der Waals surface area contributed by atoms with Crippen molar-refractivity contribution in [1.82, 2.24) is 4.98 Å². The van der Waals surface area contributed by atoms with E-state index in [-0.39, 0.29) is 0 Å². The number of nitrogens with one attached hydrogen (secondary N) is 1. The molecule has 1 aromatic heterocycles. The Kier molecular flexibility index (Phi) is 3.99. The average Bonchev–Trinajstić information content (AvgIpc) is 2.32. The van der Waals surface area contributed by atoms with E-state index in [1.807, 2.05) is 18.5 Å². The van der Waals surface area contributed by atoms with Gasteiger partial charge in [-0.2, -0.15) is 0 Å². The van der Waals surface area contributed by atoms with Crippen molar-refractivity contribution >= 4 is 28.3 Å². The number of rotatable bonds is 3. The minimum Gasteiger partial charge on any atom is -0.381 e. The van der Waals surface area contributed by atoms with Gasteiger partial charge in [0.2, 0.25) is 0 Å². The molecule has 0 fully saturated rings. The van der Waals surface area contributed by atoms with E-state index in [1.54, 1.807) is 0 Å². The van der Waals surface area contributed by atoms with Gasteiger partial charge in [-0.1, -0.05) is 6.07 Å². The number of aromatic nitrogens is 1. The van der Waals surface area contributed by atoms with Gasteiger partial charge in [0.15, 0.2) is 0 Å². The maximum atomic E-state index is 4.15. The van der Waals surface area contributed by atoms with Crippen LogP contribution in [0.2, 0.25) is 0 Å². The molecule has 0 amide bonds. The van der Waals surface area contributed by atoms with Crippen LogP contribution in [0.3, 0.4) is 0 Å². The summed E-state index contributed by atoms with van der Waals surface area (Å²) < 4.78 is 1.29. The molecule has 0 saturated heterocycles. The highest BCUT2D eigenvalue weighted by atomic mass is 127. The second kappa shape index (κ2) is 5.49. The summed E-state index contributed by atoms with van der Waals surface area (Å²) >= 11 is 2.36. The summed E-state index contributed by atoms with van der Waals surface area (Å²) in [5.74, 6) is 0. The molecule has 1 aromatic carbocycles. The van der Waals surface area contributed by atoms with E-state index in [0.29, 0.717) is 0 Å². The van der Waals surface area contributed by atoms with Crippen molar-refractivity contribution in [3.8, 4) is 0 Å². The van der Waals surface area contributed by atoms with Crippen molar-refractivity contribution in [2.45, 2.75) is 20.4 Å². The predicted molar refractivity (Wildman–Crippen MR) is 80.2 cm³/mol. The highest BCUT2D eigenvalue weighted by Gasteiger charge is 1.99. The van der Waals surface area contributed by atoms with Crippen LogP contribution in [0, 0.1) is 17.4 Å². The molecule has 0 atom stereocenters. The van der Waals surface area contributed by atoms with Crippen LogP contribution in [-0.4, -0.2) is 4.98 Å². The van der Waals surface area contributed by atoms with Crippen LogP contribution < -0.4 is 5.32 Å². The van der Waals surface area contributed by atoms with Crippen molar-refractivity contribution in [3.05, 3.63) is 56.9 Å². The monoisotopic (exact) mass is 338 g/mol. The molecule has 2 nitrogen and oxygen atoms in total. The van der Waals surface area contributed by atoms with E-state index in [4.69, 9.17) is 0 Å². The lowest BCUT2D eigenvalue weighted by Crippen LogP contribution is -2.02. The van der Waals surface area contributed by atoms with E-state index in [9.17, 15) is 0 Å². The Morgan fingerprint density at radius 3 is 2.71 bits per heavy atom. The maximum Gasteiger partial charge on any atom is 0.0418 e. The molecular formula is C14H15IN2. The number of benzene rings is 1. The molecule has 2 rings (SSSR count). The Labute approximate surface area is 116 Å². The van der Waals surface area contributed by atoms with E-state index in [2.05, 4.69) is 64.9 Å². The normalized spacial score (nSPS) is 10.3. The molecule has 17 heavy (non-hydrogen) atoms. The van der Waals surface area contributed by atoms with Gasteiger partial charge in [0.1, 0.15) is 0 Å². The quantitative estimate of drug-likeness (QED) is 0.859. The zero-order valence-corrected chi connectivity index (χ0v) is 12.2. The largest absolute Gasteiger partial charge is 0.381 e. The summed E-state index contributed by atoms with van der Waals surface area (Å²) in [6.45, 7) is 5.05. The number of halogens is 1. The molecule has 0 bridgehead atoms. The van der Waals surface area contributed by atoms with E-state index in [1.165, 1.54) is 20.3 Å². The van der Waals surface area contributed by atoms with Crippen molar-refractivity contribution in [3.63, 3.8) is 0 Å². The fourth-order valence-corrected chi connectivity index (χ4v) is 2.10. The van der Waals surface area contributed by atoms with Crippen molar-refractivity contribution < 1.29 is 0 Å². The minimum atomic E-state index is 0.818. The van der Waals surface area contributed by atoms with Gasteiger partial charge in [-0.25, -0.2) is 0 Å². The molecule has 1 heterocycles. The van der Waals surface area contributed by atoms with Gasteiger partial charge < -0.3 is 5.32 Å². The van der Waals surface area contributed by atoms with Crippen LogP contribution >= 0.6 is 22.6 Å².